The number of aliphatic hydroxyl groups is 1. The highest BCUT2D eigenvalue weighted by Crippen LogP contribution is 2.34. The zero-order chi connectivity index (χ0) is 15.7. The van der Waals surface area contributed by atoms with Crippen molar-refractivity contribution in [3.05, 3.63) is 57.3 Å². The Hall–Kier alpha value is -1.49. The molecule has 116 valence electrons. The summed E-state index contributed by atoms with van der Waals surface area (Å²) in [4.78, 5) is 14.4. The van der Waals surface area contributed by atoms with Crippen LogP contribution in [0.2, 0.25) is 0 Å². The number of benzene rings is 1. The van der Waals surface area contributed by atoms with Gasteiger partial charge in [0.15, 0.2) is 5.78 Å². The van der Waals surface area contributed by atoms with Gasteiger partial charge in [0.05, 0.1) is 4.88 Å². The summed E-state index contributed by atoms with van der Waals surface area (Å²) in [7, 11) is 0. The third-order valence-corrected chi connectivity index (χ3v) is 5.46. The van der Waals surface area contributed by atoms with Gasteiger partial charge in [0.2, 0.25) is 0 Å². The van der Waals surface area contributed by atoms with Crippen molar-refractivity contribution in [2.45, 2.75) is 32.4 Å². The minimum absolute atomic E-state index is 0.120. The van der Waals surface area contributed by atoms with Crippen LogP contribution in [0.1, 0.15) is 39.7 Å². The topological polar surface area (TPSA) is 40.5 Å². The molecule has 1 atom stereocenters. The van der Waals surface area contributed by atoms with Crippen LogP contribution in [0.4, 0.5) is 0 Å². The van der Waals surface area contributed by atoms with Gasteiger partial charge in [0.25, 0.3) is 0 Å². The van der Waals surface area contributed by atoms with Gasteiger partial charge in [-0.15, -0.1) is 11.3 Å². The van der Waals surface area contributed by atoms with E-state index in [2.05, 4.69) is 4.90 Å². The molecule has 0 aliphatic carbocycles. The average molecular weight is 315 g/mol. The van der Waals surface area contributed by atoms with E-state index >= 15 is 0 Å². The van der Waals surface area contributed by atoms with Crippen molar-refractivity contribution in [2.75, 3.05) is 13.1 Å². The number of carbonyl (C=O) groups excluding carboxylic acids is 1. The molecule has 0 bridgehead atoms. The van der Waals surface area contributed by atoms with Crippen LogP contribution in [0.25, 0.3) is 0 Å². The number of β-amino-alcohol motifs (C(OH)–C–C–N with tert-alkyl or cyclic N) is 1. The van der Waals surface area contributed by atoms with Crippen LogP contribution < -0.4 is 0 Å². The van der Waals surface area contributed by atoms with Crippen LogP contribution in [0.5, 0.6) is 0 Å². The summed E-state index contributed by atoms with van der Waals surface area (Å²) in [5, 5.41) is 13.0. The highest BCUT2D eigenvalue weighted by atomic mass is 32.1. The second-order valence-electron chi connectivity index (χ2n) is 6.18. The molecule has 0 unspecified atom stereocenters. The number of Topliss-reactive ketones (excluding diaryl/α,β-unsaturated/α-hetero) is 1. The van der Waals surface area contributed by atoms with Gasteiger partial charge in [0, 0.05) is 19.6 Å². The summed E-state index contributed by atoms with van der Waals surface area (Å²) in [5.74, 6) is 0.120. The summed E-state index contributed by atoms with van der Waals surface area (Å²) in [5.41, 5.74) is 2.57. The molecule has 0 radical (unpaired) electrons. The van der Waals surface area contributed by atoms with Gasteiger partial charge >= 0.3 is 0 Å². The smallest absolute Gasteiger partial charge is 0.169 e. The first-order chi connectivity index (χ1) is 10.5. The molecule has 0 saturated carbocycles. The number of carbonyl (C=O) groups is 1. The van der Waals surface area contributed by atoms with Crippen molar-refractivity contribution in [2.24, 2.45) is 0 Å². The van der Waals surface area contributed by atoms with E-state index in [4.69, 9.17) is 0 Å². The second kappa shape index (κ2) is 5.95. The quantitative estimate of drug-likeness (QED) is 0.880. The Morgan fingerprint density at radius 3 is 2.86 bits per heavy atom. The second-order valence-corrected chi connectivity index (χ2v) is 7.09. The average Bonchev–Trinajstić information content (AvgIpc) is 3.08. The summed E-state index contributed by atoms with van der Waals surface area (Å²) in [6.45, 7) is 5.95. The van der Waals surface area contributed by atoms with Crippen LogP contribution in [0.3, 0.4) is 0 Å². The van der Waals surface area contributed by atoms with Gasteiger partial charge in [-0.1, -0.05) is 24.3 Å². The lowest BCUT2D eigenvalue weighted by atomic mass is 9.89. The van der Waals surface area contributed by atoms with Crippen molar-refractivity contribution in [3.63, 3.8) is 0 Å². The van der Waals surface area contributed by atoms with E-state index in [0.717, 1.165) is 41.1 Å². The van der Waals surface area contributed by atoms with E-state index in [9.17, 15) is 9.90 Å². The lowest BCUT2D eigenvalue weighted by Crippen LogP contribution is -2.31. The molecule has 1 aromatic heterocycles. The Morgan fingerprint density at radius 1 is 1.41 bits per heavy atom. The minimum atomic E-state index is -0.759. The van der Waals surface area contributed by atoms with E-state index in [-0.39, 0.29) is 5.78 Å². The van der Waals surface area contributed by atoms with Crippen molar-refractivity contribution < 1.29 is 9.90 Å². The molecule has 3 nitrogen and oxygen atoms in total. The van der Waals surface area contributed by atoms with E-state index in [1.807, 2.05) is 42.6 Å². The maximum atomic E-state index is 11.4. The van der Waals surface area contributed by atoms with Crippen LogP contribution in [0.15, 0.2) is 35.7 Å². The Morgan fingerprint density at radius 2 is 2.18 bits per heavy atom. The third-order valence-electron chi connectivity index (χ3n) is 4.38. The summed E-state index contributed by atoms with van der Waals surface area (Å²) < 4.78 is 0. The first-order valence-electron chi connectivity index (χ1n) is 7.57. The fraction of sp³-hybridized carbons (Fsp3) is 0.389. The molecule has 1 aromatic carbocycles. The van der Waals surface area contributed by atoms with E-state index in [1.54, 1.807) is 6.92 Å². The molecule has 1 N–H and O–H groups in total. The zero-order valence-electron chi connectivity index (χ0n) is 13.0. The fourth-order valence-corrected chi connectivity index (χ4v) is 4.03. The summed E-state index contributed by atoms with van der Waals surface area (Å²) in [6.07, 6.45) is 0.752. The SMILES string of the molecule is CC(=O)c1cc(CN2CC[C@@](O)(c3ccccc3C)C2)cs1. The van der Waals surface area contributed by atoms with Gasteiger partial charge < -0.3 is 5.11 Å². The van der Waals surface area contributed by atoms with Crippen LogP contribution >= 0.6 is 11.3 Å². The summed E-state index contributed by atoms with van der Waals surface area (Å²) >= 11 is 1.50. The van der Waals surface area contributed by atoms with Crippen molar-refractivity contribution >= 4 is 17.1 Å². The first kappa shape index (κ1) is 15.4. The van der Waals surface area contributed by atoms with Crippen molar-refractivity contribution in [1.82, 2.24) is 4.90 Å². The highest BCUT2D eigenvalue weighted by Gasteiger charge is 2.38. The van der Waals surface area contributed by atoms with Crippen LogP contribution in [0, 0.1) is 6.92 Å². The zero-order valence-corrected chi connectivity index (χ0v) is 13.8. The molecule has 0 amide bonds. The Bertz CT molecular complexity index is 694. The number of thiophene rings is 1. The Labute approximate surface area is 135 Å². The molecule has 4 heteroatoms. The molecule has 1 fully saturated rings. The highest BCUT2D eigenvalue weighted by molar-refractivity contribution is 7.12. The van der Waals surface area contributed by atoms with Crippen LogP contribution in [-0.4, -0.2) is 28.9 Å². The van der Waals surface area contributed by atoms with Gasteiger partial charge in [-0.2, -0.15) is 0 Å². The molecule has 2 aromatic rings. The maximum absolute atomic E-state index is 11.4. The molecular weight excluding hydrogens is 294 g/mol. The van der Waals surface area contributed by atoms with E-state index in [0.29, 0.717) is 6.54 Å². The maximum Gasteiger partial charge on any atom is 0.169 e. The monoisotopic (exact) mass is 315 g/mol. The standard InChI is InChI=1S/C18H21NO2S/c1-13-5-3-4-6-16(13)18(21)7-8-19(12-18)10-15-9-17(14(2)20)22-11-15/h3-6,9,11,21H,7-8,10,12H2,1-2H3/t18-/m0/s1. The first-order valence-corrected chi connectivity index (χ1v) is 8.45. The number of aryl methyl sites for hydroxylation is 1. The van der Waals surface area contributed by atoms with Gasteiger partial charge in [-0.05, 0) is 48.4 Å². The lowest BCUT2D eigenvalue weighted by molar-refractivity contribution is 0.0447. The normalized spacial score (nSPS) is 22.1. The third kappa shape index (κ3) is 3.00. The van der Waals surface area contributed by atoms with Crippen molar-refractivity contribution in [3.8, 4) is 0 Å². The number of nitrogens with zero attached hydrogens (tertiary/aromatic N) is 1. The Balaban J connectivity index is 1.71. The molecule has 1 aliphatic rings. The van der Waals surface area contributed by atoms with Gasteiger partial charge in [-0.25, -0.2) is 0 Å². The van der Waals surface area contributed by atoms with Gasteiger partial charge in [-0.3, -0.25) is 9.69 Å². The fourth-order valence-electron chi connectivity index (χ4n) is 3.22. The van der Waals surface area contributed by atoms with E-state index in [1.165, 1.54) is 11.3 Å². The number of ketones is 1. The van der Waals surface area contributed by atoms with Crippen LogP contribution in [-0.2, 0) is 12.1 Å². The molecular formula is C18H21NO2S. The number of likely N-dealkylation sites (tertiary alicyclic amines) is 1. The lowest BCUT2D eigenvalue weighted by Gasteiger charge is -2.25. The molecule has 1 saturated heterocycles. The van der Waals surface area contributed by atoms with Crippen molar-refractivity contribution in [1.29, 1.82) is 0 Å². The molecule has 0 spiro atoms. The number of hydrogen-bond acceptors (Lipinski definition) is 4. The predicted molar refractivity (Wildman–Crippen MR) is 89.3 cm³/mol. The number of hydrogen-bond donors (Lipinski definition) is 1. The molecule has 22 heavy (non-hydrogen) atoms. The Kier molecular flexibility index (Phi) is 4.17. The molecule has 2 heterocycles. The van der Waals surface area contributed by atoms with E-state index < -0.39 is 5.60 Å². The minimum Gasteiger partial charge on any atom is -0.384 e. The molecule has 1 aliphatic heterocycles. The summed E-state index contributed by atoms with van der Waals surface area (Å²) in [6, 6.07) is 10.0. The largest absolute Gasteiger partial charge is 0.384 e. The predicted octanol–water partition coefficient (Wildman–Crippen LogP) is 3.35. The number of rotatable bonds is 4. The molecule has 3 rings (SSSR count). The van der Waals surface area contributed by atoms with Gasteiger partial charge in [0.1, 0.15) is 5.60 Å².